The van der Waals surface area contributed by atoms with Crippen molar-refractivity contribution in [2.24, 2.45) is 0 Å². The monoisotopic (exact) mass is 446 g/mol. The van der Waals surface area contributed by atoms with Gasteiger partial charge in [0, 0.05) is 51.7 Å². The van der Waals surface area contributed by atoms with Gasteiger partial charge in [-0.05, 0) is 24.1 Å². The zero-order valence-electron chi connectivity index (χ0n) is 15.5. The standard InChI is InChI=1S/C19H23FN4OS.2ClH/c20-15-3-1-14(2-4-15)11-18-22-12-17(26-18)19(25)24-8-5-16(13-24)23-9-6-21-7-10-23;;/h1-4,12,16,21H,5-11,13H2;2*1H. The Balaban J connectivity index is 0.00000140. The maximum absolute atomic E-state index is 13.0. The first kappa shape index (κ1) is 23.0. The fourth-order valence-corrected chi connectivity index (χ4v) is 4.62. The van der Waals surface area contributed by atoms with Crippen LogP contribution in [-0.4, -0.2) is 66.0 Å². The van der Waals surface area contributed by atoms with Crippen LogP contribution in [0.1, 0.15) is 26.7 Å². The summed E-state index contributed by atoms with van der Waals surface area (Å²) in [5.41, 5.74) is 1.000. The molecule has 3 heterocycles. The SMILES string of the molecule is Cl.Cl.O=C(c1cnc(Cc2ccc(F)cc2)s1)N1CCC(N2CCNCC2)C1. The third-order valence-corrected chi connectivity index (χ3v) is 6.14. The molecule has 2 aromatic rings. The summed E-state index contributed by atoms with van der Waals surface area (Å²) >= 11 is 1.44. The van der Waals surface area contributed by atoms with Crippen molar-refractivity contribution in [3.05, 3.63) is 51.7 Å². The zero-order chi connectivity index (χ0) is 17.9. The molecule has 0 bridgehead atoms. The largest absolute Gasteiger partial charge is 0.336 e. The minimum atomic E-state index is -0.239. The number of nitrogens with one attached hydrogen (secondary N) is 1. The third kappa shape index (κ3) is 5.42. The van der Waals surface area contributed by atoms with Crippen molar-refractivity contribution in [2.75, 3.05) is 39.3 Å². The summed E-state index contributed by atoms with van der Waals surface area (Å²) in [6.45, 7) is 5.82. The van der Waals surface area contributed by atoms with Crippen molar-refractivity contribution in [1.82, 2.24) is 20.1 Å². The van der Waals surface area contributed by atoms with E-state index in [1.54, 1.807) is 18.3 Å². The summed E-state index contributed by atoms with van der Waals surface area (Å²) in [4.78, 5) is 22.3. The van der Waals surface area contributed by atoms with Crippen LogP contribution in [-0.2, 0) is 6.42 Å². The summed E-state index contributed by atoms with van der Waals surface area (Å²) in [7, 11) is 0. The van der Waals surface area contributed by atoms with Gasteiger partial charge in [0.15, 0.2) is 0 Å². The molecule has 2 saturated heterocycles. The number of carbonyl (C=O) groups excluding carboxylic acids is 1. The molecule has 0 radical (unpaired) electrons. The highest BCUT2D eigenvalue weighted by Crippen LogP contribution is 2.23. The van der Waals surface area contributed by atoms with Crippen molar-refractivity contribution in [2.45, 2.75) is 18.9 Å². The molecule has 1 unspecified atom stereocenters. The average molecular weight is 447 g/mol. The number of carbonyl (C=O) groups is 1. The lowest BCUT2D eigenvalue weighted by atomic mass is 10.2. The van der Waals surface area contributed by atoms with Gasteiger partial charge in [0.1, 0.15) is 10.7 Å². The quantitative estimate of drug-likeness (QED) is 0.784. The number of thiazole rings is 1. The van der Waals surface area contributed by atoms with Gasteiger partial charge in [-0.25, -0.2) is 9.37 Å². The molecule has 0 saturated carbocycles. The first-order valence-corrected chi connectivity index (χ1v) is 9.94. The number of piperazine rings is 1. The minimum Gasteiger partial charge on any atom is -0.336 e. The number of halogens is 3. The molecule has 2 aliphatic rings. The van der Waals surface area contributed by atoms with Crippen LogP contribution in [0.5, 0.6) is 0 Å². The Labute approximate surface area is 181 Å². The van der Waals surface area contributed by atoms with E-state index in [0.717, 1.165) is 56.3 Å². The molecule has 1 aromatic carbocycles. The molecule has 5 nitrogen and oxygen atoms in total. The molecule has 1 amide bonds. The van der Waals surface area contributed by atoms with Gasteiger partial charge in [-0.15, -0.1) is 36.2 Å². The molecule has 2 fully saturated rings. The zero-order valence-corrected chi connectivity index (χ0v) is 17.9. The van der Waals surface area contributed by atoms with E-state index in [1.807, 2.05) is 4.90 Å². The summed E-state index contributed by atoms with van der Waals surface area (Å²) in [6, 6.07) is 6.91. The van der Waals surface area contributed by atoms with Crippen LogP contribution >= 0.6 is 36.2 Å². The van der Waals surface area contributed by atoms with Gasteiger partial charge < -0.3 is 10.2 Å². The lowest BCUT2D eigenvalue weighted by Gasteiger charge is -2.32. The molecule has 1 aromatic heterocycles. The fourth-order valence-electron chi connectivity index (χ4n) is 3.70. The number of likely N-dealkylation sites (tertiary alicyclic amines) is 1. The third-order valence-electron chi connectivity index (χ3n) is 5.15. The molecular weight excluding hydrogens is 422 g/mol. The second kappa shape index (κ2) is 10.5. The van der Waals surface area contributed by atoms with E-state index in [4.69, 9.17) is 0 Å². The first-order valence-electron chi connectivity index (χ1n) is 9.12. The molecule has 1 atom stereocenters. The highest BCUT2D eigenvalue weighted by atomic mass is 35.5. The van der Waals surface area contributed by atoms with Gasteiger partial charge in [0.05, 0.1) is 11.2 Å². The maximum Gasteiger partial charge on any atom is 0.265 e. The van der Waals surface area contributed by atoms with Crippen molar-refractivity contribution >= 4 is 42.1 Å². The Morgan fingerprint density at radius 3 is 2.61 bits per heavy atom. The first-order chi connectivity index (χ1) is 12.7. The van der Waals surface area contributed by atoms with Crippen LogP contribution in [0.15, 0.2) is 30.5 Å². The Morgan fingerprint density at radius 1 is 1.18 bits per heavy atom. The van der Waals surface area contributed by atoms with Crippen LogP contribution in [0, 0.1) is 5.82 Å². The number of hydrogen-bond donors (Lipinski definition) is 1. The Kier molecular flexibility index (Phi) is 8.64. The number of aromatic nitrogens is 1. The second-order valence-electron chi connectivity index (χ2n) is 6.90. The van der Waals surface area contributed by atoms with E-state index in [1.165, 1.54) is 23.5 Å². The van der Waals surface area contributed by atoms with Gasteiger partial charge in [-0.1, -0.05) is 12.1 Å². The van der Waals surface area contributed by atoms with Gasteiger partial charge in [0.25, 0.3) is 5.91 Å². The highest BCUT2D eigenvalue weighted by molar-refractivity contribution is 7.13. The lowest BCUT2D eigenvalue weighted by Crippen LogP contribution is -2.49. The second-order valence-corrected chi connectivity index (χ2v) is 8.02. The van der Waals surface area contributed by atoms with Gasteiger partial charge in [-0.3, -0.25) is 9.69 Å². The molecule has 28 heavy (non-hydrogen) atoms. The molecule has 1 N–H and O–H groups in total. The molecule has 2 aliphatic heterocycles. The average Bonchev–Trinajstić information content (AvgIpc) is 3.34. The van der Waals surface area contributed by atoms with E-state index >= 15 is 0 Å². The van der Waals surface area contributed by atoms with E-state index in [0.29, 0.717) is 17.3 Å². The van der Waals surface area contributed by atoms with Crippen molar-refractivity contribution in [1.29, 1.82) is 0 Å². The number of amides is 1. The van der Waals surface area contributed by atoms with Crippen LogP contribution < -0.4 is 5.32 Å². The lowest BCUT2D eigenvalue weighted by molar-refractivity contribution is 0.0778. The molecular formula is C19H25Cl2FN4OS. The summed E-state index contributed by atoms with van der Waals surface area (Å²) in [5, 5.41) is 4.26. The van der Waals surface area contributed by atoms with Crippen LogP contribution in [0.4, 0.5) is 4.39 Å². The van der Waals surface area contributed by atoms with Crippen molar-refractivity contribution in [3.63, 3.8) is 0 Å². The minimum absolute atomic E-state index is 0. The van der Waals surface area contributed by atoms with Gasteiger partial charge in [0.2, 0.25) is 0 Å². The maximum atomic E-state index is 13.0. The molecule has 0 spiro atoms. The van der Waals surface area contributed by atoms with Gasteiger partial charge in [-0.2, -0.15) is 0 Å². The molecule has 9 heteroatoms. The molecule has 0 aliphatic carbocycles. The number of hydrogen-bond acceptors (Lipinski definition) is 5. The summed E-state index contributed by atoms with van der Waals surface area (Å²) < 4.78 is 13.0. The molecule has 154 valence electrons. The van der Waals surface area contributed by atoms with E-state index < -0.39 is 0 Å². The summed E-state index contributed by atoms with van der Waals surface area (Å²) in [6.07, 6.45) is 3.36. The van der Waals surface area contributed by atoms with Crippen molar-refractivity contribution in [3.8, 4) is 0 Å². The Morgan fingerprint density at radius 2 is 1.89 bits per heavy atom. The number of benzene rings is 1. The van der Waals surface area contributed by atoms with Crippen LogP contribution in [0.2, 0.25) is 0 Å². The van der Waals surface area contributed by atoms with Crippen LogP contribution in [0.25, 0.3) is 0 Å². The van der Waals surface area contributed by atoms with E-state index in [-0.39, 0.29) is 36.5 Å². The Bertz CT molecular complexity index is 768. The number of nitrogens with zero attached hydrogens (tertiary/aromatic N) is 3. The van der Waals surface area contributed by atoms with Crippen LogP contribution in [0.3, 0.4) is 0 Å². The topological polar surface area (TPSA) is 48.5 Å². The highest BCUT2D eigenvalue weighted by Gasteiger charge is 2.32. The van der Waals surface area contributed by atoms with E-state index in [9.17, 15) is 9.18 Å². The fraction of sp³-hybridized carbons (Fsp3) is 0.474. The van der Waals surface area contributed by atoms with Crippen molar-refractivity contribution < 1.29 is 9.18 Å². The normalized spacial score (nSPS) is 19.8. The van der Waals surface area contributed by atoms with Gasteiger partial charge >= 0.3 is 0 Å². The predicted molar refractivity (Wildman–Crippen MR) is 115 cm³/mol. The molecule has 4 rings (SSSR count). The van der Waals surface area contributed by atoms with E-state index in [2.05, 4.69) is 15.2 Å². The predicted octanol–water partition coefficient (Wildman–Crippen LogP) is 2.84. The summed E-state index contributed by atoms with van der Waals surface area (Å²) in [5.74, 6) is -0.151. The Hall–Kier alpha value is -1.25. The smallest absolute Gasteiger partial charge is 0.265 e. The number of rotatable bonds is 4.